The summed E-state index contributed by atoms with van der Waals surface area (Å²) in [5.41, 5.74) is 5.41. The first kappa shape index (κ1) is 20.4. The predicted octanol–water partition coefficient (Wildman–Crippen LogP) is 5.97. The van der Waals surface area contributed by atoms with Crippen LogP contribution in [0.15, 0.2) is 65.0 Å². The molecule has 0 radical (unpaired) electrons. The molecule has 32 heavy (non-hydrogen) atoms. The van der Waals surface area contributed by atoms with Gasteiger partial charge in [0, 0.05) is 5.39 Å². The van der Waals surface area contributed by atoms with Crippen molar-refractivity contribution in [2.75, 3.05) is 0 Å². The second-order valence-corrected chi connectivity index (χ2v) is 9.53. The van der Waals surface area contributed by atoms with Crippen LogP contribution in [0, 0.1) is 26.2 Å². The highest BCUT2D eigenvalue weighted by Gasteiger charge is 2.16. The van der Waals surface area contributed by atoms with E-state index in [-0.39, 0.29) is 5.91 Å². The molecule has 0 aliphatic rings. The van der Waals surface area contributed by atoms with Gasteiger partial charge in [-0.05, 0) is 54.6 Å². The van der Waals surface area contributed by atoms with Crippen LogP contribution < -0.4 is 4.80 Å². The Kier molecular flexibility index (Phi) is 5.22. The summed E-state index contributed by atoms with van der Waals surface area (Å²) in [4.78, 5) is 24.4. The largest absolute Gasteiger partial charge is 0.304 e. The standard InChI is InChI=1S/C26H19N3OS2/c1-4-11-29-24-17(3)13-16(2)14-23(24)32-26(29)28-25(30)19-15-21(22-10-7-12-31-22)27-20-9-6-5-8-18(19)20/h1,5-10,12-15H,11H2,2-3H3. The highest BCUT2D eigenvalue weighted by Crippen LogP contribution is 2.28. The number of amides is 1. The van der Waals surface area contributed by atoms with Crippen LogP contribution in [0.2, 0.25) is 0 Å². The van der Waals surface area contributed by atoms with Crippen molar-refractivity contribution >= 4 is 49.7 Å². The average Bonchev–Trinajstić information content (AvgIpc) is 3.42. The SMILES string of the molecule is C#CCn1c(=NC(=O)c2cc(-c3cccs3)nc3ccccc23)sc2cc(C)cc(C)c21. The summed E-state index contributed by atoms with van der Waals surface area (Å²) in [7, 11) is 0. The molecule has 3 aromatic heterocycles. The lowest BCUT2D eigenvalue weighted by molar-refractivity contribution is 0.0999. The molecule has 0 atom stereocenters. The van der Waals surface area contributed by atoms with E-state index >= 15 is 0 Å². The van der Waals surface area contributed by atoms with Crippen LogP contribution in [0.3, 0.4) is 0 Å². The molecule has 6 heteroatoms. The van der Waals surface area contributed by atoms with Crippen LogP contribution >= 0.6 is 22.7 Å². The number of pyridine rings is 1. The summed E-state index contributed by atoms with van der Waals surface area (Å²) in [6.45, 7) is 4.48. The Hall–Kier alpha value is -3.53. The molecular formula is C26H19N3OS2. The lowest BCUT2D eigenvalue weighted by atomic mass is 10.1. The Bertz CT molecular complexity index is 1600. The zero-order chi connectivity index (χ0) is 22.2. The van der Waals surface area contributed by atoms with E-state index in [1.54, 1.807) is 11.3 Å². The predicted molar refractivity (Wildman–Crippen MR) is 133 cm³/mol. The Labute approximate surface area is 193 Å². The molecule has 0 aliphatic heterocycles. The Morgan fingerprint density at radius 1 is 1.16 bits per heavy atom. The number of nitrogens with zero attached hydrogens (tertiary/aromatic N) is 3. The van der Waals surface area contributed by atoms with E-state index in [1.807, 2.05) is 52.4 Å². The normalized spacial score (nSPS) is 11.8. The smallest absolute Gasteiger partial charge is 0.280 e. The number of hydrogen-bond donors (Lipinski definition) is 0. The van der Waals surface area contributed by atoms with E-state index in [0.29, 0.717) is 16.9 Å². The molecule has 0 saturated heterocycles. The Morgan fingerprint density at radius 2 is 2.00 bits per heavy atom. The lowest BCUT2D eigenvalue weighted by Gasteiger charge is -2.07. The van der Waals surface area contributed by atoms with Crippen molar-refractivity contribution in [1.29, 1.82) is 0 Å². The molecule has 0 saturated carbocycles. The van der Waals surface area contributed by atoms with Crippen LogP contribution in [0.5, 0.6) is 0 Å². The summed E-state index contributed by atoms with van der Waals surface area (Å²) in [6, 6.07) is 17.7. The van der Waals surface area contributed by atoms with Gasteiger partial charge in [-0.25, -0.2) is 4.98 Å². The van der Waals surface area contributed by atoms with Gasteiger partial charge in [-0.3, -0.25) is 4.79 Å². The van der Waals surface area contributed by atoms with Gasteiger partial charge in [0.05, 0.1) is 38.4 Å². The fourth-order valence-corrected chi connectivity index (χ4v) is 5.86. The zero-order valence-corrected chi connectivity index (χ0v) is 19.3. The van der Waals surface area contributed by atoms with Crippen molar-refractivity contribution in [1.82, 2.24) is 9.55 Å². The molecule has 156 valence electrons. The number of rotatable bonds is 3. The number of para-hydroxylation sites is 1. The van der Waals surface area contributed by atoms with E-state index in [9.17, 15) is 4.79 Å². The maximum atomic E-state index is 13.5. The van der Waals surface area contributed by atoms with E-state index in [0.717, 1.165) is 37.3 Å². The topological polar surface area (TPSA) is 47.2 Å². The van der Waals surface area contributed by atoms with Gasteiger partial charge in [0.25, 0.3) is 5.91 Å². The summed E-state index contributed by atoms with van der Waals surface area (Å²) in [5, 5.41) is 2.79. The van der Waals surface area contributed by atoms with Crippen LogP contribution in [0.1, 0.15) is 21.5 Å². The van der Waals surface area contributed by atoms with E-state index in [2.05, 4.69) is 36.9 Å². The number of aryl methyl sites for hydroxylation is 2. The minimum absolute atomic E-state index is 0.298. The molecule has 3 heterocycles. The molecule has 5 aromatic rings. The summed E-state index contributed by atoms with van der Waals surface area (Å²) < 4.78 is 3.03. The number of aromatic nitrogens is 2. The number of benzene rings is 2. The van der Waals surface area contributed by atoms with Gasteiger partial charge in [0.2, 0.25) is 0 Å². The molecule has 0 spiro atoms. The van der Waals surface area contributed by atoms with Crippen molar-refractivity contribution in [2.24, 2.45) is 4.99 Å². The highest BCUT2D eigenvalue weighted by molar-refractivity contribution is 7.16. The minimum Gasteiger partial charge on any atom is -0.304 e. The maximum absolute atomic E-state index is 13.5. The van der Waals surface area contributed by atoms with E-state index in [1.165, 1.54) is 16.9 Å². The van der Waals surface area contributed by atoms with Crippen LogP contribution in [0.25, 0.3) is 31.7 Å². The Morgan fingerprint density at radius 3 is 2.78 bits per heavy atom. The molecule has 2 aromatic carbocycles. The molecule has 0 bridgehead atoms. The van der Waals surface area contributed by atoms with Gasteiger partial charge >= 0.3 is 0 Å². The van der Waals surface area contributed by atoms with Crippen molar-refractivity contribution in [3.63, 3.8) is 0 Å². The molecular weight excluding hydrogens is 434 g/mol. The summed E-state index contributed by atoms with van der Waals surface area (Å²) >= 11 is 3.08. The minimum atomic E-state index is -0.298. The lowest BCUT2D eigenvalue weighted by Crippen LogP contribution is -2.17. The fourth-order valence-electron chi connectivity index (χ4n) is 3.96. The molecule has 1 amide bonds. The number of thiazole rings is 1. The van der Waals surface area contributed by atoms with Crippen LogP contribution in [-0.2, 0) is 6.54 Å². The first-order valence-electron chi connectivity index (χ1n) is 10.1. The van der Waals surface area contributed by atoms with Crippen molar-refractivity contribution in [3.8, 4) is 22.9 Å². The van der Waals surface area contributed by atoms with E-state index in [4.69, 9.17) is 11.4 Å². The second-order valence-electron chi connectivity index (χ2n) is 7.57. The maximum Gasteiger partial charge on any atom is 0.280 e. The number of carbonyl (C=O) groups is 1. The van der Waals surface area contributed by atoms with Crippen LogP contribution in [-0.4, -0.2) is 15.5 Å². The number of carbonyl (C=O) groups excluding carboxylic acids is 1. The quantitative estimate of drug-likeness (QED) is 0.316. The molecule has 0 aliphatic carbocycles. The summed E-state index contributed by atoms with van der Waals surface area (Å²) in [6.07, 6.45) is 5.65. The third-order valence-electron chi connectivity index (χ3n) is 5.28. The number of hydrogen-bond acceptors (Lipinski definition) is 4. The molecule has 0 N–H and O–H groups in total. The van der Waals surface area contributed by atoms with Crippen molar-refractivity contribution in [3.05, 3.63) is 81.5 Å². The fraction of sp³-hybridized carbons (Fsp3) is 0.115. The number of thiophene rings is 1. The highest BCUT2D eigenvalue weighted by atomic mass is 32.1. The monoisotopic (exact) mass is 453 g/mol. The van der Waals surface area contributed by atoms with Crippen molar-refractivity contribution in [2.45, 2.75) is 20.4 Å². The number of terminal acetylenes is 1. The molecule has 5 rings (SSSR count). The summed E-state index contributed by atoms with van der Waals surface area (Å²) in [5.74, 6) is 2.41. The molecule has 0 unspecified atom stereocenters. The van der Waals surface area contributed by atoms with Gasteiger partial charge < -0.3 is 4.57 Å². The van der Waals surface area contributed by atoms with Gasteiger partial charge in [0.1, 0.15) is 0 Å². The van der Waals surface area contributed by atoms with Gasteiger partial charge in [0.15, 0.2) is 4.80 Å². The van der Waals surface area contributed by atoms with Crippen molar-refractivity contribution < 1.29 is 4.79 Å². The second kappa shape index (κ2) is 8.19. The third-order valence-corrected chi connectivity index (χ3v) is 7.20. The first-order chi connectivity index (χ1) is 15.5. The number of fused-ring (bicyclic) bond motifs is 2. The van der Waals surface area contributed by atoms with Gasteiger partial charge in [-0.15, -0.1) is 17.8 Å². The van der Waals surface area contributed by atoms with Gasteiger partial charge in [-0.1, -0.05) is 47.6 Å². The molecule has 4 nitrogen and oxygen atoms in total. The van der Waals surface area contributed by atoms with Crippen LogP contribution in [0.4, 0.5) is 0 Å². The Balaban J connectivity index is 1.74. The van der Waals surface area contributed by atoms with E-state index < -0.39 is 0 Å². The zero-order valence-electron chi connectivity index (χ0n) is 17.6. The average molecular weight is 454 g/mol. The third kappa shape index (κ3) is 3.56. The molecule has 0 fully saturated rings. The van der Waals surface area contributed by atoms with Gasteiger partial charge in [-0.2, -0.15) is 4.99 Å². The first-order valence-corrected chi connectivity index (χ1v) is 11.8.